The molecule has 12 heteroatoms. The lowest BCUT2D eigenvalue weighted by Gasteiger charge is -2.25. The van der Waals surface area contributed by atoms with E-state index in [-0.39, 0.29) is 23.1 Å². The van der Waals surface area contributed by atoms with E-state index < -0.39 is 16.1 Å². The molecule has 1 aromatic heterocycles. The van der Waals surface area contributed by atoms with Gasteiger partial charge in [0.25, 0.3) is 11.6 Å². The number of nitrogens with zero attached hydrogens (tertiary/aromatic N) is 3. The molecule has 0 bridgehead atoms. The van der Waals surface area contributed by atoms with Gasteiger partial charge in [-0.3, -0.25) is 24.5 Å². The average Bonchev–Trinajstić information content (AvgIpc) is 3.27. The first-order valence-corrected chi connectivity index (χ1v) is 13.8. The van der Waals surface area contributed by atoms with Crippen LogP contribution in [-0.4, -0.2) is 39.3 Å². The summed E-state index contributed by atoms with van der Waals surface area (Å²) in [5.74, 6) is -0.754. The Hall–Kier alpha value is -4.21. The third-order valence-corrected chi connectivity index (χ3v) is 8.69. The van der Waals surface area contributed by atoms with Crippen molar-refractivity contribution in [2.24, 2.45) is 0 Å². The van der Waals surface area contributed by atoms with Crippen molar-refractivity contribution in [3.63, 3.8) is 0 Å². The largest absolute Gasteiger partial charge is 0.337 e. The number of thiophene rings is 1. The molecule has 200 valence electrons. The van der Waals surface area contributed by atoms with Gasteiger partial charge in [-0.2, -0.15) is 5.26 Å². The van der Waals surface area contributed by atoms with Crippen LogP contribution in [-0.2, 0) is 22.6 Å². The number of nitro benzene ring substituents is 1. The van der Waals surface area contributed by atoms with E-state index in [1.54, 1.807) is 23.1 Å². The van der Waals surface area contributed by atoms with Crippen LogP contribution in [0.25, 0.3) is 0 Å². The Balaban J connectivity index is 1.45. The van der Waals surface area contributed by atoms with Gasteiger partial charge in [-0.25, -0.2) is 0 Å². The monoisotopic (exact) mass is 563 g/mol. The van der Waals surface area contributed by atoms with E-state index in [0.29, 0.717) is 42.2 Å². The van der Waals surface area contributed by atoms with Gasteiger partial charge in [-0.1, -0.05) is 19.1 Å². The number of amides is 3. The minimum atomic E-state index is -0.560. The average molecular weight is 564 g/mol. The minimum absolute atomic E-state index is 0.0240. The first-order chi connectivity index (χ1) is 18.7. The normalized spacial score (nSPS) is 13.1. The van der Waals surface area contributed by atoms with Gasteiger partial charge in [-0.15, -0.1) is 23.1 Å². The van der Waals surface area contributed by atoms with E-state index in [0.717, 1.165) is 15.3 Å². The summed E-state index contributed by atoms with van der Waals surface area (Å²) < 4.78 is 0. The molecule has 1 aliphatic rings. The van der Waals surface area contributed by atoms with Crippen molar-refractivity contribution >= 4 is 57.2 Å². The molecule has 0 saturated heterocycles. The number of hydrogen-bond acceptors (Lipinski definition) is 8. The number of nitriles is 1. The summed E-state index contributed by atoms with van der Waals surface area (Å²) in [5.41, 5.74) is 1.82. The van der Waals surface area contributed by atoms with Crippen LogP contribution in [0.15, 0.2) is 53.4 Å². The molecule has 1 atom stereocenters. The third kappa shape index (κ3) is 6.45. The molecule has 1 unspecified atom stereocenters. The van der Waals surface area contributed by atoms with Crippen LogP contribution in [0.3, 0.4) is 0 Å². The fourth-order valence-electron chi connectivity index (χ4n) is 4.17. The van der Waals surface area contributed by atoms with Gasteiger partial charge in [0, 0.05) is 46.6 Å². The predicted octanol–water partition coefficient (Wildman–Crippen LogP) is 5.19. The van der Waals surface area contributed by atoms with Gasteiger partial charge in [0.2, 0.25) is 11.8 Å². The molecule has 0 aliphatic carbocycles. The van der Waals surface area contributed by atoms with Gasteiger partial charge in [0.15, 0.2) is 0 Å². The minimum Gasteiger partial charge on any atom is -0.337 e. The lowest BCUT2D eigenvalue weighted by atomic mass is 10.0. The van der Waals surface area contributed by atoms with Crippen LogP contribution in [0.1, 0.15) is 46.6 Å². The molecule has 3 aromatic rings. The Morgan fingerprint density at radius 1 is 1.21 bits per heavy atom. The fraction of sp³-hybridized carbons (Fsp3) is 0.259. The van der Waals surface area contributed by atoms with E-state index in [1.165, 1.54) is 54.3 Å². The van der Waals surface area contributed by atoms with Crippen LogP contribution in [0.5, 0.6) is 0 Å². The number of carbonyl (C=O) groups is 3. The maximum atomic E-state index is 13.2. The molecular formula is C27H25N5O5S2. The highest BCUT2D eigenvalue weighted by Gasteiger charge is 2.28. The molecule has 0 fully saturated rings. The molecule has 2 N–H and O–H groups in total. The van der Waals surface area contributed by atoms with E-state index in [4.69, 9.17) is 0 Å². The van der Waals surface area contributed by atoms with Crippen LogP contribution >= 0.6 is 23.1 Å². The van der Waals surface area contributed by atoms with Crippen molar-refractivity contribution in [2.75, 3.05) is 17.2 Å². The number of carbonyl (C=O) groups excluding carboxylic acids is 3. The number of non-ortho nitro benzene ring substituents is 1. The number of rotatable bonds is 8. The highest BCUT2D eigenvalue weighted by atomic mass is 32.2. The SMILES string of the molecule is CCC(Sc1cccc(NC(=O)c2cccc([N+](=O)[O-])c2)c1)C(=O)Nc1sc2c(c1C#N)CCN(C(C)=O)C2. The highest BCUT2D eigenvalue weighted by molar-refractivity contribution is 8.00. The Labute approximate surface area is 233 Å². The number of nitrogens with one attached hydrogen (secondary N) is 2. The quantitative estimate of drug-likeness (QED) is 0.218. The van der Waals surface area contributed by atoms with Gasteiger partial charge in [-0.05, 0) is 42.7 Å². The number of thioether (sulfide) groups is 1. The van der Waals surface area contributed by atoms with Crippen molar-refractivity contribution in [1.82, 2.24) is 4.90 Å². The van der Waals surface area contributed by atoms with Crippen molar-refractivity contribution in [3.05, 3.63) is 80.2 Å². The molecule has 0 spiro atoms. The smallest absolute Gasteiger partial charge is 0.270 e. The Bertz CT molecular complexity index is 1500. The fourth-order valence-corrected chi connectivity index (χ4v) is 6.40. The second-order valence-corrected chi connectivity index (χ2v) is 11.2. The third-order valence-electron chi connectivity index (χ3n) is 6.20. The number of anilines is 2. The van der Waals surface area contributed by atoms with Crippen molar-refractivity contribution in [3.8, 4) is 6.07 Å². The maximum absolute atomic E-state index is 13.2. The summed E-state index contributed by atoms with van der Waals surface area (Å²) in [6, 6.07) is 14.7. The second-order valence-electron chi connectivity index (χ2n) is 8.80. The van der Waals surface area contributed by atoms with Gasteiger partial charge < -0.3 is 15.5 Å². The summed E-state index contributed by atoms with van der Waals surface area (Å²) in [5, 5.41) is 26.5. The van der Waals surface area contributed by atoms with Crippen molar-refractivity contribution in [1.29, 1.82) is 5.26 Å². The molecule has 0 radical (unpaired) electrons. The zero-order chi connectivity index (χ0) is 28.1. The highest BCUT2D eigenvalue weighted by Crippen LogP contribution is 2.37. The Morgan fingerprint density at radius 3 is 2.67 bits per heavy atom. The summed E-state index contributed by atoms with van der Waals surface area (Å²) in [6.45, 7) is 4.38. The molecule has 2 aromatic carbocycles. The van der Waals surface area contributed by atoms with Crippen LogP contribution < -0.4 is 10.6 Å². The number of nitro groups is 1. The lowest BCUT2D eigenvalue weighted by molar-refractivity contribution is -0.384. The molecular weight excluding hydrogens is 538 g/mol. The Kier molecular flexibility index (Phi) is 8.63. The number of hydrogen-bond donors (Lipinski definition) is 2. The van der Waals surface area contributed by atoms with Crippen molar-refractivity contribution in [2.45, 2.75) is 43.4 Å². The molecule has 1 aliphatic heterocycles. The number of fused-ring (bicyclic) bond motifs is 1. The molecule has 0 saturated carbocycles. The zero-order valence-electron chi connectivity index (χ0n) is 21.2. The molecule has 39 heavy (non-hydrogen) atoms. The summed E-state index contributed by atoms with van der Waals surface area (Å²) in [4.78, 5) is 51.5. The van der Waals surface area contributed by atoms with E-state index in [1.807, 2.05) is 13.0 Å². The van der Waals surface area contributed by atoms with Crippen LogP contribution in [0.4, 0.5) is 16.4 Å². The molecule has 3 amide bonds. The molecule has 2 heterocycles. The van der Waals surface area contributed by atoms with Crippen molar-refractivity contribution < 1.29 is 19.3 Å². The topological polar surface area (TPSA) is 145 Å². The molecule has 10 nitrogen and oxygen atoms in total. The summed E-state index contributed by atoms with van der Waals surface area (Å²) >= 11 is 2.66. The lowest BCUT2D eigenvalue weighted by Crippen LogP contribution is -2.33. The van der Waals surface area contributed by atoms with E-state index in [9.17, 15) is 29.8 Å². The van der Waals surface area contributed by atoms with Gasteiger partial charge in [0.1, 0.15) is 11.1 Å². The zero-order valence-corrected chi connectivity index (χ0v) is 22.9. The first-order valence-electron chi connectivity index (χ1n) is 12.1. The summed E-state index contributed by atoms with van der Waals surface area (Å²) in [7, 11) is 0. The molecule has 4 rings (SSSR count). The standard InChI is InChI=1S/C27H25N5O5S2/c1-3-23(26(35)30-27-22(14-28)21-10-11-31(16(2)33)15-24(21)39-27)38-20-9-5-7-18(13-20)29-25(34)17-6-4-8-19(12-17)32(36)37/h4-9,12-13,23H,3,10-11,15H2,1-2H3,(H,29,34)(H,30,35). The van der Waals surface area contributed by atoms with Crippen LogP contribution in [0, 0.1) is 21.4 Å². The van der Waals surface area contributed by atoms with E-state index in [2.05, 4.69) is 16.7 Å². The van der Waals surface area contributed by atoms with Crippen LogP contribution in [0.2, 0.25) is 0 Å². The van der Waals surface area contributed by atoms with E-state index >= 15 is 0 Å². The summed E-state index contributed by atoms with van der Waals surface area (Å²) in [6.07, 6.45) is 1.09. The number of benzene rings is 2. The second kappa shape index (κ2) is 12.1. The first kappa shape index (κ1) is 27.8. The Morgan fingerprint density at radius 2 is 1.97 bits per heavy atom. The van der Waals surface area contributed by atoms with Gasteiger partial charge >= 0.3 is 0 Å². The van der Waals surface area contributed by atoms with Gasteiger partial charge in [0.05, 0.1) is 22.3 Å². The maximum Gasteiger partial charge on any atom is 0.270 e. The predicted molar refractivity (Wildman–Crippen MR) is 150 cm³/mol.